The molecule has 0 aliphatic carbocycles. The Morgan fingerprint density at radius 3 is 2.71 bits per heavy atom. The van der Waals surface area contributed by atoms with Gasteiger partial charge in [0.05, 0.1) is 0 Å². The molecule has 0 saturated carbocycles. The third-order valence-corrected chi connectivity index (χ3v) is 5.11. The van der Waals surface area contributed by atoms with Crippen molar-refractivity contribution in [3.63, 3.8) is 0 Å². The quantitative estimate of drug-likeness (QED) is 0.618. The average molecular weight is 381 g/mol. The van der Waals surface area contributed by atoms with Crippen LogP contribution in [-0.4, -0.2) is 43.0 Å². The SMILES string of the molecule is CCc1cccc2c(C(CC(=O)NCCN(C)C)c3cccc(F)c3)c[nH]c12. The van der Waals surface area contributed by atoms with E-state index in [1.807, 2.05) is 37.3 Å². The lowest BCUT2D eigenvalue weighted by Crippen LogP contribution is -2.32. The second-order valence-corrected chi connectivity index (χ2v) is 7.40. The number of benzene rings is 2. The van der Waals surface area contributed by atoms with Gasteiger partial charge in [-0.05, 0) is 49.3 Å². The molecule has 4 nitrogen and oxygen atoms in total. The van der Waals surface area contributed by atoms with Gasteiger partial charge in [-0.2, -0.15) is 0 Å². The molecule has 0 fully saturated rings. The fraction of sp³-hybridized carbons (Fsp3) is 0.348. The number of halogens is 1. The van der Waals surface area contributed by atoms with Crippen molar-refractivity contribution < 1.29 is 9.18 Å². The zero-order chi connectivity index (χ0) is 20.1. The van der Waals surface area contributed by atoms with Gasteiger partial charge in [0.15, 0.2) is 0 Å². The molecule has 0 radical (unpaired) electrons. The van der Waals surface area contributed by atoms with E-state index in [0.29, 0.717) is 6.54 Å². The van der Waals surface area contributed by atoms with Crippen LogP contribution >= 0.6 is 0 Å². The van der Waals surface area contributed by atoms with Gasteiger partial charge in [0.1, 0.15) is 5.82 Å². The number of H-pyrrole nitrogens is 1. The van der Waals surface area contributed by atoms with Gasteiger partial charge >= 0.3 is 0 Å². The first-order valence-electron chi connectivity index (χ1n) is 9.75. The largest absolute Gasteiger partial charge is 0.361 e. The number of hydrogen-bond acceptors (Lipinski definition) is 2. The summed E-state index contributed by atoms with van der Waals surface area (Å²) < 4.78 is 13.9. The summed E-state index contributed by atoms with van der Waals surface area (Å²) in [5, 5.41) is 4.07. The molecule has 1 aromatic heterocycles. The number of nitrogens with zero attached hydrogens (tertiary/aromatic N) is 1. The number of fused-ring (bicyclic) bond motifs is 1. The number of rotatable bonds is 8. The van der Waals surface area contributed by atoms with E-state index in [1.54, 1.807) is 6.07 Å². The average Bonchev–Trinajstić information content (AvgIpc) is 3.09. The molecule has 2 aromatic carbocycles. The first-order chi connectivity index (χ1) is 13.5. The van der Waals surface area contributed by atoms with E-state index in [2.05, 4.69) is 29.4 Å². The zero-order valence-electron chi connectivity index (χ0n) is 16.8. The minimum Gasteiger partial charge on any atom is -0.361 e. The van der Waals surface area contributed by atoms with Gasteiger partial charge in [-0.25, -0.2) is 4.39 Å². The van der Waals surface area contributed by atoms with Crippen molar-refractivity contribution >= 4 is 16.8 Å². The monoisotopic (exact) mass is 381 g/mol. The number of likely N-dealkylation sites (N-methyl/N-ethyl adjacent to an activating group) is 1. The van der Waals surface area contributed by atoms with Crippen LogP contribution in [0.2, 0.25) is 0 Å². The van der Waals surface area contributed by atoms with Crippen molar-refractivity contribution in [2.75, 3.05) is 27.2 Å². The number of nitrogens with one attached hydrogen (secondary N) is 2. The van der Waals surface area contributed by atoms with Gasteiger partial charge in [0.2, 0.25) is 5.91 Å². The molecular formula is C23H28FN3O. The Labute approximate surface area is 165 Å². The van der Waals surface area contributed by atoms with E-state index in [1.165, 1.54) is 17.7 Å². The number of para-hydroxylation sites is 1. The summed E-state index contributed by atoms with van der Waals surface area (Å²) in [5.41, 5.74) is 4.16. The molecule has 3 aromatic rings. The van der Waals surface area contributed by atoms with Crippen LogP contribution in [0.25, 0.3) is 10.9 Å². The summed E-state index contributed by atoms with van der Waals surface area (Å²) in [4.78, 5) is 18.0. The van der Waals surface area contributed by atoms with Crippen LogP contribution in [0.4, 0.5) is 4.39 Å². The van der Waals surface area contributed by atoms with Crippen molar-refractivity contribution in [2.45, 2.75) is 25.7 Å². The molecule has 1 amide bonds. The van der Waals surface area contributed by atoms with Gasteiger partial charge in [-0.3, -0.25) is 4.79 Å². The maximum absolute atomic E-state index is 13.9. The Morgan fingerprint density at radius 1 is 1.21 bits per heavy atom. The minimum atomic E-state index is -0.287. The molecule has 0 spiro atoms. The molecule has 0 aliphatic heterocycles. The van der Waals surface area contributed by atoms with E-state index in [-0.39, 0.29) is 24.1 Å². The number of aryl methyl sites for hydroxylation is 1. The summed E-state index contributed by atoms with van der Waals surface area (Å²) in [6.07, 6.45) is 3.17. The number of aromatic amines is 1. The third kappa shape index (κ3) is 4.60. The van der Waals surface area contributed by atoms with Gasteiger partial charge in [-0.15, -0.1) is 0 Å². The van der Waals surface area contributed by atoms with E-state index in [0.717, 1.165) is 35.0 Å². The van der Waals surface area contributed by atoms with Crippen LogP contribution in [0.1, 0.15) is 36.0 Å². The minimum absolute atomic E-state index is 0.0305. The Morgan fingerprint density at radius 2 is 2.00 bits per heavy atom. The predicted molar refractivity (Wildman–Crippen MR) is 112 cm³/mol. The first kappa shape index (κ1) is 20.1. The Balaban J connectivity index is 1.94. The second kappa shape index (κ2) is 9.02. The van der Waals surface area contributed by atoms with Gasteiger partial charge in [0.25, 0.3) is 0 Å². The van der Waals surface area contributed by atoms with Crippen molar-refractivity contribution in [3.8, 4) is 0 Å². The van der Waals surface area contributed by atoms with E-state index in [4.69, 9.17) is 0 Å². The molecule has 1 atom stereocenters. The van der Waals surface area contributed by atoms with Crippen LogP contribution in [0.15, 0.2) is 48.7 Å². The molecule has 0 aliphatic rings. The van der Waals surface area contributed by atoms with Gasteiger partial charge < -0.3 is 15.2 Å². The number of amides is 1. The summed E-state index contributed by atoms with van der Waals surface area (Å²) in [6, 6.07) is 12.8. The topological polar surface area (TPSA) is 48.1 Å². The fourth-order valence-corrected chi connectivity index (χ4v) is 3.63. The van der Waals surface area contributed by atoms with E-state index in [9.17, 15) is 9.18 Å². The van der Waals surface area contributed by atoms with Crippen LogP contribution in [0.5, 0.6) is 0 Å². The lowest BCUT2D eigenvalue weighted by atomic mass is 9.87. The molecular weight excluding hydrogens is 353 g/mol. The van der Waals surface area contributed by atoms with Crippen molar-refractivity contribution in [1.82, 2.24) is 15.2 Å². The zero-order valence-corrected chi connectivity index (χ0v) is 16.8. The van der Waals surface area contributed by atoms with E-state index >= 15 is 0 Å². The van der Waals surface area contributed by atoms with Crippen molar-refractivity contribution in [1.29, 1.82) is 0 Å². The van der Waals surface area contributed by atoms with Crippen LogP contribution in [0, 0.1) is 5.82 Å². The molecule has 2 N–H and O–H groups in total. The van der Waals surface area contributed by atoms with Crippen LogP contribution in [-0.2, 0) is 11.2 Å². The molecule has 28 heavy (non-hydrogen) atoms. The second-order valence-electron chi connectivity index (χ2n) is 7.40. The molecule has 0 bridgehead atoms. The highest BCUT2D eigenvalue weighted by Crippen LogP contribution is 2.34. The fourth-order valence-electron chi connectivity index (χ4n) is 3.63. The Hall–Kier alpha value is -2.66. The molecule has 1 unspecified atom stereocenters. The van der Waals surface area contributed by atoms with Crippen molar-refractivity contribution in [2.24, 2.45) is 0 Å². The predicted octanol–water partition coefficient (Wildman–Crippen LogP) is 4.07. The van der Waals surface area contributed by atoms with Crippen LogP contribution in [0.3, 0.4) is 0 Å². The summed E-state index contributed by atoms with van der Waals surface area (Å²) in [5.74, 6) is -0.530. The molecule has 148 valence electrons. The standard InChI is InChI=1S/C23H28FN3O/c1-4-16-7-6-10-19-21(15-26-23(16)19)20(17-8-5-9-18(24)13-17)14-22(28)25-11-12-27(2)3/h5-10,13,15,20,26H,4,11-12,14H2,1-3H3,(H,25,28). The lowest BCUT2D eigenvalue weighted by molar-refractivity contribution is -0.121. The van der Waals surface area contributed by atoms with Gasteiger partial charge in [0, 0.05) is 42.5 Å². The Kier molecular flexibility index (Phi) is 6.47. The normalized spacial score (nSPS) is 12.5. The number of hydrogen-bond donors (Lipinski definition) is 2. The highest BCUT2D eigenvalue weighted by Gasteiger charge is 2.22. The molecule has 5 heteroatoms. The highest BCUT2D eigenvalue weighted by molar-refractivity contribution is 5.88. The number of carbonyl (C=O) groups excluding carboxylic acids is 1. The molecule has 0 saturated heterocycles. The summed E-state index contributed by atoms with van der Waals surface area (Å²) in [7, 11) is 3.94. The van der Waals surface area contributed by atoms with Crippen molar-refractivity contribution in [3.05, 3.63) is 71.2 Å². The first-order valence-corrected chi connectivity index (χ1v) is 9.75. The highest BCUT2D eigenvalue weighted by atomic mass is 19.1. The molecule has 3 rings (SSSR count). The number of aromatic nitrogens is 1. The third-order valence-electron chi connectivity index (χ3n) is 5.11. The van der Waals surface area contributed by atoms with E-state index < -0.39 is 0 Å². The van der Waals surface area contributed by atoms with Crippen LogP contribution < -0.4 is 5.32 Å². The van der Waals surface area contributed by atoms with Gasteiger partial charge in [-0.1, -0.05) is 37.3 Å². The lowest BCUT2D eigenvalue weighted by Gasteiger charge is -2.18. The Bertz CT molecular complexity index is 948. The maximum atomic E-state index is 13.9. The smallest absolute Gasteiger partial charge is 0.220 e. The maximum Gasteiger partial charge on any atom is 0.220 e. The number of carbonyl (C=O) groups is 1. The summed E-state index contributed by atoms with van der Waals surface area (Å²) in [6.45, 7) is 3.50. The molecule has 1 heterocycles. The summed E-state index contributed by atoms with van der Waals surface area (Å²) >= 11 is 0.